The topological polar surface area (TPSA) is 33.1 Å². The van der Waals surface area contributed by atoms with Crippen molar-refractivity contribution in [2.24, 2.45) is 0 Å². The average Bonchev–Trinajstić information content (AvgIpc) is 2.86. The molecule has 1 unspecified atom stereocenters. The summed E-state index contributed by atoms with van der Waals surface area (Å²) in [6.45, 7) is 6.39. The zero-order valence-electron chi connectivity index (χ0n) is 12.5. The SMILES string of the molecule is CC(C)(C)c1csc(CC(O)CSc2ccc(F)cc2)n1. The van der Waals surface area contributed by atoms with Gasteiger partial charge in [-0.3, -0.25) is 0 Å². The molecule has 0 fully saturated rings. The van der Waals surface area contributed by atoms with Crippen LogP contribution in [0.15, 0.2) is 34.5 Å². The predicted molar refractivity (Wildman–Crippen MR) is 87.6 cm³/mol. The van der Waals surface area contributed by atoms with Gasteiger partial charge in [0, 0.05) is 27.9 Å². The number of nitrogens with zero attached hydrogens (tertiary/aromatic N) is 1. The molecule has 2 aromatic rings. The minimum atomic E-state index is -0.445. The van der Waals surface area contributed by atoms with Crippen LogP contribution in [0, 0.1) is 5.82 Å². The first kappa shape index (κ1) is 16.5. The summed E-state index contributed by atoms with van der Waals surface area (Å²) in [5.41, 5.74) is 1.11. The lowest BCUT2D eigenvalue weighted by atomic mass is 9.93. The fraction of sp³-hybridized carbons (Fsp3) is 0.438. The maximum atomic E-state index is 12.8. The third kappa shape index (κ3) is 5.09. The van der Waals surface area contributed by atoms with Crippen molar-refractivity contribution in [3.63, 3.8) is 0 Å². The largest absolute Gasteiger partial charge is 0.392 e. The number of aliphatic hydroxyl groups is 1. The average molecular weight is 325 g/mol. The first-order valence-electron chi connectivity index (χ1n) is 6.86. The van der Waals surface area contributed by atoms with E-state index in [9.17, 15) is 9.50 Å². The Morgan fingerprint density at radius 1 is 1.29 bits per heavy atom. The number of thioether (sulfide) groups is 1. The maximum Gasteiger partial charge on any atom is 0.123 e. The molecule has 0 amide bonds. The van der Waals surface area contributed by atoms with Crippen LogP contribution in [0.1, 0.15) is 31.5 Å². The molecule has 1 aromatic heterocycles. The summed E-state index contributed by atoms with van der Waals surface area (Å²) in [5.74, 6) is 0.341. The van der Waals surface area contributed by atoms with Gasteiger partial charge in [-0.05, 0) is 24.3 Å². The van der Waals surface area contributed by atoms with E-state index in [1.807, 2.05) is 0 Å². The highest BCUT2D eigenvalue weighted by Crippen LogP contribution is 2.25. The van der Waals surface area contributed by atoms with Crippen LogP contribution in [0.4, 0.5) is 4.39 Å². The minimum Gasteiger partial charge on any atom is -0.392 e. The van der Waals surface area contributed by atoms with Gasteiger partial charge in [-0.15, -0.1) is 23.1 Å². The number of thiazole rings is 1. The van der Waals surface area contributed by atoms with Gasteiger partial charge in [0.1, 0.15) is 5.82 Å². The van der Waals surface area contributed by atoms with Gasteiger partial charge in [0.15, 0.2) is 0 Å². The summed E-state index contributed by atoms with van der Waals surface area (Å²) >= 11 is 3.13. The molecule has 1 atom stereocenters. The van der Waals surface area contributed by atoms with Gasteiger partial charge >= 0.3 is 0 Å². The molecule has 1 aromatic carbocycles. The number of hydrogen-bond acceptors (Lipinski definition) is 4. The van der Waals surface area contributed by atoms with Crippen LogP contribution in [-0.4, -0.2) is 21.9 Å². The van der Waals surface area contributed by atoms with Crippen molar-refractivity contribution < 1.29 is 9.50 Å². The summed E-state index contributed by atoms with van der Waals surface area (Å²) in [6, 6.07) is 6.33. The molecule has 0 spiro atoms. The van der Waals surface area contributed by atoms with Gasteiger partial charge in [0.2, 0.25) is 0 Å². The zero-order valence-corrected chi connectivity index (χ0v) is 14.1. The van der Waals surface area contributed by atoms with Gasteiger partial charge in [-0.2, -0.15) is 0 Å². The van der Waals surface area contributed by atoms with E-state index >= 15 is 0 Å². The molecule has 0 radical (unpaired) electrons. The van der Waals surface area contributed by atoms with Gasteiger partial charge in [0.25, 0.3) is 0 Å². The van der Waals surface area contributed by atoms with Gasteiger partial charge in [-0.25, -0.2) is 9.37 Å². The second-order valence-corrected chi connectivity index (χ2v) is 8.04. The molecule has 2 rings (SSSR count). The molecule has 0 saturated heterocycles. The highest BCUT2D eigenvalue weighted by atomic mass is 32.2. The Morgan fingerprint density at radius 3 is 2.52 bits per heavy atom. The molecule has 0 aliphatic heterocycles. The molecule has 0 bridgehead atoms. The van der Waals surface area contributed by atoms with Crippen LogP contribution in [0.5, 0.6) is 0 Å². The van der Waals surface area contributed by atoms with Crippen LogP contribution in [0.25, 0.3) is 0 Å². The molecule has 114 valence electrons. The number of aromatic nitrogens is 1. The van der Waals surface area contributed by atoms with Crippen LogP contribution in [-0.2, 0) is 11.8 Å². The van der Waals surface area contributed by atoms with Crippen molar-refractivity contribution in [2.45, 2.75) is 43.6 Å². The lowest BCUT2D eigenvalue weighted by Crippen LogP contribution is -2.15. The lowest BCUT2D eigenvalue weighted by Gasteiger charge is -2.14. The smallest absolute Gasteiger partial charge is 0.123 e. The van der Waals surface area contributed by atoms with E-state index in [0.29, 0.717) is 12.2 Å². The molecule has 2 nitrogen and oxygen atoms in total. The Kier molecular flexibility index (Phi) is 5.41. The normalized spacial score (nSPS) is 13.4. The Labute approximate surface area is 133 Å². The van der Waals surface area contributed by atoms with Crippen molar-refractivity contribution in [1.82, 2.24) is 4.98 Å². The van der Waals surface area contributed by atoms with E-state index < -0.39 is 6.10 Å². The third-order valence-electron chi connectivity index (χ3n) is 2.99. The predicted octanol–water partition coefficient (Wildman–Crippen LogP) is 4.28. The molecule has 1 heterocycles. The number of benzene rings is 1. The summed E-state index contributed by atoms with van der Waals surface area (Å²) in [4.78, 5) is 5.55. The summed E-state index contributed by atoms with van der Waals surface area (Å²) in [5, 5.41) is 13.1. The lowest BCUT2D eigenvalue weighted by molar-refractivity contribution is 0.200. The molecule has 0 aliphatic rings. The monoisotopic (exact) mass is 325 g/mol. The van der Waals surface area contributed by atoms with E-state index in [1.165, 1.54) is 23.9 Å². The van der Waals surface area contributed by atoms with Crippen molar-refractivity contribution in [1.29, 1.82) is 0 Å². The van der Waals surface area contributed by atoms with E-state index in [0.717, 1.165) is 15.6 Å². The summed E-state index contributed by atoms with van der Waals surface area (Å²) in [7, 11) is 0. The Balaban J connectivity index is 1.85. The minimum absolute atomic E-state index is 0.0442. The van der Waals surface area contributed by atoms with E-state index in [-0.39, 0.29) is 11.2 Å². The van der Waals surface area contributed by atoms with Crippen LogP contribution in [0.3, 0.4) is 0 Å². The Hall–Kier alpha value is -0.910. The second-order valence-electron chi connectivity index (χ2n) is 6.00. The van der Waals surface area contributed by atoms with Crippen molar-refractivity contribution >= 4 is 23.1 Å². The first-order valence-corrected chi connectivity index (χ1v) is 8.72. The molecule has 0 aliphatic carbocycles. The number of hydrogen-bond donors (Lipinski definition) is 1. The first-order chi connectivity index (χ1) is 9.84. The summed E-state index contributed by atoms with van der Waals surface area (Å²) < 4.78 is 12.8. The van der Waals surface area contributed by atoms with Gasteiger partial charge in [-0.1, -0.05) is 20.8 Å². The third-order valence-corrected chi connectivity index (χ3v) is 5.01. The molecule has 21 heavy (non-hydrogen) atoms. The van der Waals surface area contributed by atoms with Crippen molar-refractivity contribution in [3.8, 4) is 0 Å². The molecule has 1 N–H and O–H groups in total. The Morgan fingerprint density at radius 2 is 1.95 bits per heavy atom. The number of rotatable bonds is 5. The quantitative estimate of drug-likeness (QED) is 0.833. The molecule has 0 saturated carbocycles. The van der Waals surface area contributed by atoms with Crippen LogP contribution < -0.4 is 0 Å². The van der Waals surface area contributed by atoms with Gasteiger partial charge < -0.3 is 5.11 Å². The van der Waals surface area contributed by atoms with Crippen molar-refractivity contribution in [2.75, 3.05) is 5.75 Å². The van der Waals surface area contributed by atoms with Gasteiger partial charge in [0.05, 0.1) is 16.8 Å². The molecular weight excluding hydrogens is 305 g/mol. The molecular formula is C16H20FNOS2. The van der Waals surface area contributed by atoms with Crippen LogP contribution in [0.2, 0.25) is 0 Å². The maximum absolute atomic E-state index is 12.8. The highest BCUT2D eigenvalue weighted by molar-refractivity contribution is 7.99. The fourth-order valence-electron chi connectivity index (χ4n) is 1.73. The zero-order chi connectivity index (χ0) is 15.5. The number of aliphatic hydroxyl groups excluding tert-OH is 1. The van der Waals surface area contributed by atoms with Crippen LogP contribution >= 0.6 is 23.1 Å². The summed E-state index contributed by atoms with van der Waals surface area (Å²) in [6.07, 6.45) is 0.119. The fourth-order valence-corrected chi connectivity index (χ4v) is 3.66. The Bertz CT molecular complexity index is 575. The van der Waals surface area contributed by atoms with E-state index in [1.54, 1.807) is 23.5 Å². The standard InChI is InChI=1S/C16H20FNOS2/c1-16(2,3)14-10-21-15(18-14)8-12(19)9-20-13-6-4-11(17)5-7-13/h4-7,10,12,19H,8-9H2,1-3H3. The number of halogens is 1. The highest BCUT2D eigenvalue weighted by Gasteiger charge is 2.18. The second kappa shape index (κ2) is 6.90. The van der Waals surface area contributed by atoms with E-state index in [4.69, 9.17) is 0 Å². The van der Waals surface area contributed by atoms with Crippen molar-refractivity contribution in [3.05, 3.63) is 46.2 Å². The molecule has 5 heteroatoms. The van der Waals surface area contributed by atoms with E-state index in [2.05, 4.69) is 31.1 Å².